The summed E-state index contributed by atoms with van der Waals surface area (Å²) in [6, 6.07) is 15.3. The Morgan fingerprint density at radius 1 is 1.17 bits per heavy atom. The fourth-order valence-electron chi connectivity index (χ4n) is 3.08. The maximum atomic E-state index is 12.5. The van der Waals surface area contributed by atoms with Gasteiger partial charge in [0.2, 0.25) is 0 Å². The minimum atomic E-state index is -0.0711. The van der Waals surface area contributed by atoms with Gasteiger partial charge in [-0.15, -0.1) is 0 Å². The summed E-state index contributed by atoms with van der Waals surface area (Å²) in [7, 11) is 0. The summed E-state index contributed by atoms with van der Waals surface area (Å²) in [6.45, 7) is 1.29. The van der Waals surface area contributed by atoms with E-state index >= 15 is 0 Å². The average molecular weight is 326 g/mol. The predicted octanol–water partition coefficient (Wildman–Crippen LogP) is 4.41. The third-order valence-electron chi connectivity index (χ3n) is 4.25. The second-order valence-corrected chi connectivity index (χ2v) is 6.18. The molecular weight excluding hydrogens is 310 g/mol. The Bertz CT molecular complexity index is 873. The fraction of sp³-hybridized carbons (Fsp3) is 0.167. The van der Waals surface area contributed by atoms with Gasteiger partial charge in [-0.05, 0) is 30.3 Å². The molecule has 0 atom stereocenters. The zero-order valence-corrected chi connectivity index (χ0v) is 13.2. The normalized spacial score (nSPS) is 13.9. The molecule has 23 heavy (non-hydrogen) atoms. The Labute approximate surface area is 139 Å². The van der Waals surface area contributed by atoms with Crippen LogP contribution in [0.5, 0.6) is 0 Å². The molecule has 0 unspecified atom stereocenters. The minimum Gasteiger partial charge on any atom is -0.358 e. The molecule has 5 heteroatoms. The number of anilines is 1. The number of nitrogens with zero attached hydrogens (tertiary/aromatic N) is 1. The maximum Gasteiger partial charge on any atom is 0.322 e. The zero-order chi connectivity index (χ0) is 15.8. The van der Waals surface area contributed by atoms with Crippen LogP contribution in [0, 0.1) is 0 Å². The standard InChI is InChI=1S/C18H16ClN3O/c19-12-6-7-16-14(10-12)15-11-22(9-8-17(15)21-16)18(23)20-13-4-2-1-3-5-13/h1-7,10,21H,8-9,11H2,(H,20,23). The summed E-state index contributed by atoms with van der Waals surface area (Å²) in [5, 5.41) is 4.76. The van der Waals surface area contributed by atoms with Gasteiger partial charge >= 0.3 is 6.03 Å². The summed E-state index contributed by atoms with van der Waals surface area (Å²) in [5.41, 5.74) is 4.25. The van der Waals surface area contributed by atoms with E-state index in [9.17, 15) is 4.79 Å². The molecule has 0 radical (unpaired) electrons. The first-order valence-corrected chi connectivity index (χ1v) is 7.98. The highest BCUT2D eigenvalue weighted by molar-refractivity contribution is 6.31. The number of nitrogens with one attached hydrogen (secondary N) is 2. The molecule has 0 aliphatic carbocycles. The molecule has 2 aromatic carbocycles. The lowest BCUT2D eigenvalue weighted by atomic mass is 10.0. The lowest BCUT2D eigenvalue weighted by Gasteiger charge is -2.27. The SMILES string of the molecule is O=C(Nc1ccccc1)N1CCc2[nH]c3ccc(Cl)cc3c2C1. The number of rotatable bonds is 1. The van der Waals surface area contributed by atoms with E-state index < -0.39 is 0 Å². The number of urea groups is 1. The maximum absolute atomic E-state index is 12.5. The lowest BCUT2D eigenvalue weighted by molar-refractivity contribution is 0.206. The summed E-state index contributed by atoms with van der Waals surface area (Å²) in [6.07, 6.45) is 0.823. The van der Waals surface area contributed by atoms with Gasteiger partial charge in [0, 0.05) is 52.4 Å². The van der Waals surface area contributed by atoms with E-state index in [1.54, 1.807) is 0 Å². The predicted molar refractivity (Wildman–Crippen MR) is 92.9 cm³/mol. The number of carbonyl (C=O) groups is 1. The van der Waals surface area contributed by atoms with Crippen molar-refractivity contribution >= 4 is 34.2 Å². The molecule has 2 amide bonds. The van der Waals surface area contributed by atoms with Gasteiger partial charge in [-0.2, -0.15) is 0 Å². The van der Waals surface area contributed by atoms with Crippen LogP contribution < -0.4 is 5.32 Å². The van der Waals surface area contributed by atoms with Crippen molar-refractivity contribution in [3.8, 4) is 0 Å². The first-order chi connectivity index (χ1) is 11.2. The molecule has 0 fully saturated rings. The number of amides is 2. The number of aromatic nitrogens is 1. The number of halogens is 1. The van der Waals surface area contributed by atoms with Gasteiger partial charge in [-0.3, -0.25) is 0 Å². The van der Waals surface area contributed by atoms with Crippen molar-refractivity contribution in [1.29, 1.82) is 0 Å². The smallest absolute Gasteiger partial charge is 0.322 e. The van der Waals surface area contributed by atoms with Gasteiger partial charge in [0.15, 0.2) is 0 Å². The van der Waals surface area contributed by atoms with Gasteiger partial charge in [-0.1, -0.05) is 29.8 Å². The molecule has 2 N–H and O–H groups in total. The zero-order valence-electron chi connectivity index (χ0n) is 12.5. The van der Waals surface area contributed by atoms with Crippen molar-refractivity contribution in [2.75, 3.05) is 11.9 Å². The van der Waals surface area contributed by atoms with Crippen LogP contribution in [0.4, 0.5) is 10.5 Å². The van der Waals surface area contributed by atoms with Crippen molar-refractivity contribution in [3.05, 3.63) is 64.8 Å². The highest BCUT2D eigenvalue weighted by atomic mass is 35.5. The largest absolute Gasteiger partial charge is 0.358 e. The monoisotopic (exact) mass is 325 g/mol. The molecule has 1 aromatic heterocycles. The van der Waals surface area contributed by atoms with Crippen molar-refractivity contribution in [3.63, 3.8) is 0 Å². The fourth-order valence-corrected chi connectivity index (χ4v) is 3.26. The molecule has 2 heterocycles. The molecule has 0 saturated heterocycles. The topological polar surface area (TPSA) is 48.1 Å². The van der Waals surface area contributed by atoms with Crippen molar-refractivity contribution in [2.45, 2.75) is 13.0 Å². The van der Waals surface area contributed by atoms with Crippen LogP contribution in [0.3, 0.4) is 0 Å². The van der Waals surface area contributed by atoms with Gasteiger partial charge in [0.1, 0.15) is 0 Å². The molecular formula is C18H16ClN3O. The second-order valence-electron chi connectivity index (χ2n) is 5.74. The number of benzene rings is 2. The molecule has 3 aromatic rings. The molecule has 4 nitrogen and oxygen atoms in total. The molecule has 4 rings (SSSR count). The van der Waals surface area contributed by atoms with Crippen LogP contribution in [0.2, 0.25) is 5.02 Å². The Hall–Kier alpha value is -2.46. The molecule has 116 valence electrons. The van der Waals surface area contributed by atoms with Crippen molar-refractivity contribution in [1.82, 2.24) is 9.88 Å². The van der Waals surface area contributed by atoms with Crippen LogP contribution in [-0.4, -0.2) is 22.5 Å². The first-order valence-electron chi connectivity index (χ1n) is 7.60. The Balaban J connectivity index is 1.59. The number of hydrogen-bond acceptors (Lipinski definition) is 1. The summed E-state index contributed by atoms with van der Waals surface area (Å²) in [4.78, 5) is 17.8. The van der Waals surface area contributed by atoms with Gasteiger partial charge in [0.05, 0.1) is 0 Å². The highest BCUT2D eigenvalue weighted by Crippen LogP contribution is 2.30. The Kier molecular flexibility index (Phi) is 3.46. The average Bonchev–Trinajstić information content (AvgIpc) is 2.93. The highest BCUT2D eigenvalue weighted by Gasteiger charge is 2.24. The van der Waals surface area contributed by atoms with Crippen LogP contribution in [-0.2, 0) is 13.0 Å². The van der Waals surface area contributed by atoms with Crippen LogP contribution in [0.1, 0.15) is 11.3 Å². The van der Waals surface area contributed by atoms with E-state index in [0.29, 0.717) is 18.1 Å². The molecule has 1 aliphatic heterocycles. The van der Waals surface area contributed by atoms with Crippen LogP contribution in [0.25, 0.3) is 10.9 Å². The molecule has 0 spiro atoms. The lowest BCUT2D eigenvalue weighted by Crippen LogP contribution is -2.38. The van der Waals surface area contributed by atoms with Gasteiger partial charge in [-0.25, -0.2) is 4.79 Å². The van der Waals surface area contributed by atoms with E-state index in [-0.39, 0.29) is 6.03 Å². The third-order valence-corrected chi connectivity index (χ3v) is 4.48. The number of para-hydroxylation sites is 1. The van der Waals surface area contributed by atoms with E-state index in [0.717, 1.165) is 28.6 Å². The van der Waals surface area contributed by atoms with Gasteiger partial charge < -0.3 is 15.2 Å². The summed E-state index contributed by atoms with van der Waals surface area (Å²) < 4.78 is 0. The first kappa shape index (κ1) is 14.2. The van der Waals surface area contributed by atoms with Gasteiger partial charge in [0.25, 0.3) is 0 Å². The molecule has 0 bridgehead atoms. The van der Waals surface area contributed by atoms with E-state index in [4.69, 9.17) is 11.6 Å². The van der Waals surface area contributed by atoms with E-state index in [1.807, 2.05) is 53.4 Å². The van der Waals surface area contributed by atoms with Crippen molar-refractivity contribution < 1.29 is 4.79 Å². The quantitative estimate of drug-likeness (QED) is 0.684. The van der Waals surface area contributed by atoms with Crippen molar-refractivity contribution in [2.24, 2.45) is 0 Å². The number of fused-ring (bicyclic) bond motifs is 3. The molecule has 1 aliphatic rings. The number of H-pyrrole nitrogens is 1. The second kappa shape index (κ2) is 5.63. The number of hydrogen-bond donors (Lipinski definition) is 2. The van der Waals surface area contributed by atoms with Crippen LogP contribution >= 0.6 is 11.6 Å². The Morgan fingerprint density at radius 2 is 2.00 bits per heavy atom. The summed E-state index contributed by atoms with van der Waals surface area (Å²) >= 11 is 6.12. The minimum absolute atomic E-state index is 0.0711. The molecule has 0 saturated carbocycles. The Morgan fingerprint density at radius 3 is 2.83 bits per heavy atom. The van der Waals surface area contributed by atoms with Crippen LogP contribution in [0.15, 0.2) is 48.5 Å². The number of carbonyl (C=O) groups excluding carboxylic acids is 1. The summed E-state index contributed by atoms with van der Waals surface area (Å²) in [5.74, 6) is 0. The van der Waals surface area contributed by atoms with E-state index in [2.05, 4.69) is 10.3 Å². The third kappa shape index (κ3) is 2.66. The number of aromatic amines is 1. The van der Waals surface area contributed by atoms with E-state index in [1.165, 1.54) is 5.69 Å².